The van der Waals surface area contributed by atoms with Crippen LogP contribution in [0.5, 0.6) is 0 Å². The Morgan fingerprint density at radius 2 is 1.97 bits per heavy atom. The number of hydrogen-bond acceptors (Lipinski definition) is 6. The second-order valence-corrected chi connectivity index (χ2v) is 9.00. The maximum atomic E-state index is 12.6. The van der Waals surface area contributed by atoms with Crippen molar-refractivity contribution in [2.24, 2.45) is 7.05 Å². The summed E-state index contributed by atoms with van der Waals surface area (Å²) in [6.07, 6.45) is 5.56. The maximum absolute atomic E-state index is 12.6. The van der Waals surface area contributed by atoms with Crippen LogP contribution in [-0.4, -0.2) is 41.6 Å². The number of likely N-dealkylation sites (tertiary alicyclic amines) is 1. The Balaban J connectivity index is 1.41. The molecular weight excluding hydrogens is 414 g/mol. The van der Waals surface area contributed by atoms with Crippen molar-refractivity contribution in [2.45, 2.75) is 51.1 Å². The lowest BCUT2D eigenvalue weighted by atomic mass is 9.87. The minimum atomic E-state index is -0.0402. The van der Waals surface area contributed by atoms with Gasteiger partial charge >= 0.3 is 0 Å². The van der Waals surface area contributed by atoms with E-state index in [0.717, 1.165) is 41.8 Å². The van der Waals surface area contributed by atoms with Gasteiger partial charge < -0.3 is 0 Å². The van der Waals surface area contributed by atoms with Gasteiger partial charge in [0.15, 0.2) is 0 Å². The summed E-state index contributed by atoms with van der Waals surface area (Å²) in [6.45, 7) is 5.42. The van der Waals surface area contributed by atoms with Crippen molar-refractivity contribution in [3.05, 3.63) is 70.0 Å². The molecule has 0 saturated carbocycles. The van der Waals surface area contributed by atoms with Crippen molar-refractivity contribution in [1.82, 2.24) is 29.0 Å². The highest BCUT2D eigenvalue weighted by Crippen LogP contribution is 2.36. The molecule has 0 aliphatic carbocycles. The van der Waals surface area contributed by atoms with Gasteiger partial charge in [0.1, 0.15) is 5.65 Å². The summed E-state index contributed by atoms with van der Waals surface area (Å²) in [4.78, 5) is 24.0. The first-order chi connectivity index (χ1) is 16.0. The molecule has 0 bridgehead atoms. The Labute approximate surface area is 192 Å². The summed E-state index contributed by atoms with van der Waals surface area (Å²) in [7, 11) is 1.75. The van der Waals surface area contributed by atoms with E-state index in [0.29, 0.717) is 11.7 Å². The summed E-state index contributed by atoms with van der Waals surface area (Å²) in [5, 5.41) is 13.7. The average molecular weight is 442 g/mol. The molecule has 168 valence electrons. The van der Waals surface area contributed by atoms with E-state index in [4.69, 9.17) is 5.26 Å². The Morgan fingerprint density at radius 3 is 2.73 bits per heavy atom. The van der Waals surface area contributed by atoms with Gasteiger partial charge in [-0.3, -0.25) is 24.2 Å². The van der Waals surface area contributed by atoms with E-state index in [1.165, 1.54) is 5.56 Å². The van der Waals surface area contributed by atoms with Gasteiger partial charge in [-0.05, 0) is 50.9 Å². The molecule has 2 unspecified atom stereocenters. The molecule has 1 aliphatic heterocycles. The van der Waals surface area contributed by atoms with E-state index < -0.39 is 0 Å². The van der Waals surface area contributed by atoms with Gasteiger partial charge in [-0.1, -0.05) is 6.07 Å². The molecule has 1 aromatic carbocycles. The summed E-state index contributed by atoms with van der Waals surface area (Å²) in [5.74, 6) is 0.233. The number of aryl methyl sites for hydroxylation is 1. The van der Waals surface area contributed by atoms with Crippen LogP contribution in [0.15, 0.2) is 47.5 Å². The normalized spacial score (nSPS) is 20.2. The van der Waals surface area contributed by atoms with Gasteiger partial charge in [-0.25, -0.2) is 4.52 Å². The Bertz CT molecular complexity index is 1430. The third-order valence-electron chi connectivity index (χ3n) is 7.01. The SMILES string of the molecule is CC(c1ccc2nccnc2c1)N1CCC(c2cc(=O)n(C)c3cc(CC#N)nn23)C[C@H]1C. The fourth-order valence-corrected chi connectivity index (χ4v) is 5.17. The van der Waals surface area contributed by atoms with E-state index in [2.05, 4.69) is 52.0 Å². The zero-order chi connectivity index (χ0) is 23.1. The minimum Gasteiger partial charge on any atom is -0.296 e. The number of rotatable bonds is 4. The van der Waals surface area contributed by atoms with Crippen LogP contribution in [0.3, 0.4) is 0 Å². The number of benzene rings is 1. The van der Waals surface area contributed by atoms with E-state index in [9.17, 15) is 4.79 Å². The smallest absolute Gasteiger partial charge is 0.253 e. The van der Waals surface area contributed by atoms with Crippen molar-refractivity contribution in [2.75, 3.05) is 6.54 Å². The second-order valence-electron chi connectivity index (χ2n) is 9.00. The van der Waals surface area contributed by atoms with E-state index in [1.54, 1.807) is 30.1 Å². The molecule has 0 N–H and O–H groups in total. The largest absolute Gasteiger partial charge is 0.296 e. The van der Waals surface area contributed by atoms with Crippen LogP contribution < -0.4 is 5.56 Å². The van der Waals surface area contributed by atoms with E-state index >= 15 is 0 Å². The molecule has 33 heavy (non-hydrogen) atoms. The fraction of sp³-hybridized carbons (Fsp3) is 0.400. The number of piperidine rings is 1. The van der Waals surface area contributed by atoms with Gasteiger partial charge in [0.05, 0.1) is 34.9 Å². The second kappa shape index (κ2) is 8.41. The Morgan fingerprint density at radius 1 is 1.18 bits per heavy atom. The zero-order valence-corrected chi connectivity index (χ0v) is 19.1. The van der Waals surface area contributed by atoms with Crippen molar-refractivity contribution >= 4 is 16.7 Å². The monoisotopic (exact) mass is 441 g/mol. The molecule has 1 aliphatic rings. The highest BCUT2D eigenvalue weighted by molar-refractivity contribution is 5.74. The molecule has 4 aromatic rings. The topological polar surface area (TPSA) is 92.1 Å². The first kappa shape index (κ1) is 21.3. The zero-order valence-electron chi connectivity index (χ0n) is 19.1. The molecule has 1 fully saturated rings. The number of nitriles is 1. The van der Waals surface area contributed by atoms with Crippen molar-refractivity contribution in [3.63, 3.8) is 0 Å². The molecule has 8 nitrogen and oxygen atoms in total. The third-order valence-corrected chi connectivity index (χ3v) is 7.01. The van der Waals surface area contributed by atoms with Gasteiger partial charge in [-0.15, -0.1) is 0 Å². The number of hydrogen-bond donors (Lipinski definition) is 0. The van der Waals surface area contributed by atoms with Crippen LogP contribution >= 0.6 is 0 Å². The minimum absolute atomic E-state index is 0.0402. The van der Waals surface area contributed by atoms with Crippen LogP contribution in [0, 0.1) is 11.3 Å². The van der Waals surface area contributed by atoms with Crippen LogP contribution in [0.1, 0.15) is 55.6 Å². The predicted octanol–water partition coefficient (Wildman–Crippen LogP) is 3.37. The lowest BCUT2D eigenvalue weighted by Crippen LogP contribution is -2.42. The highest BCUT2D eigenvalue weighted by atomic mass is 16.1. The van der Waals surface area contributed by atoms with Gasteiger partial charge in [0.2, 0.25) is 0 Å². The molecule has 1 saturated heterocycles. The van der Waals surface area contributed by atoms with Crippen LogP contribution in [0.2, 0.25) is 0 Å². The van der Waals surface area contributed by atoms with Gasteiger partial charge in [0, 0.05) is 49.6 Å². The molecule has 3 aromatic heterocycles. The van der Waals surface area contributed by atoms with Gasteiger partial charge in [0.25, 0.3) is 5.56 Å². The maximum Gasteiger partial charge on any atom is 0.253 e. The quantitative estimate of drug-likeness (QED) is 0.482. The molecule has 0 radical (unpaired) electrons. The Hall–Kier alpha value is -3.57. The Kier molecular flexibility index (Phi) is 5.43. The van der Waals surface area contributed by atoms with Crippen LogP contribution in [-0.2, 0) is 13.5 Å². The summed E-state index contributed by atoms with van der Waals surface area (Å²) >= 11 is 0. The fourth-order valence-electron chi connectivity index (χ4n) is 5.17. The number of fused-ring (bicyclic) bond motifs is 2. The lowest BCUT2D eigenvalue weighted by Gasteiger charge is -2.41. The summed E-state index contributed by atoms with van der Waals surface area (Å²) < 4.78 is 3.47. The highest BCUT2D eigenvalue weighted by Gasteiger charge is 2.32. The molecule has 3 atom stereocenters. The summed E-state index contributed by atoms with van der Waals surface area (Å²) in [6, 6.07) is 12.6. The van der Waals surface area contributed by atoms with Crippen LogP contribution in [0.25, 0.3) is 16.7 Å². The molecule has 5 rings (SSSR count). The van der Waals surface area contributed by atoms with Gasteiger partial charge in [-0.2, -0.15) is 10.4 Å². The van der Waals surface area contributed by atoms with E-state index in [1.807, 2.05) is 16.6 Å². The van der Waals surface area contributed by atoms with Crippen molar-refractivity contribution in [3.8, 4) is 6.07 Å². The average Bonchev–Trinajstić information content (AvgIpc) is 3.25. The summed E-state index contributed by atoms with van der Waals surface area (Å²) in [5.41, 5.74) is 5.39. The number of nitrogens with zero attached hydrogens (tertiary/aromatic N) is 7. The molecule has 4 heterocycles. The first-order valence-electron chi connectivity index (χ1n) is 11.4. The molecule has 0 amide bonds. The number of aromatic nitrogens is 5. The third kappa shape index (κ3) is 3.79. The van der Waals surface area contributed by atoms with E-state index in [-0.39, 0.29) is 23.9 Å². The molecular formula is C25H27N7O. The standard InChI is InChI=1S/C25H27N7O/c1-16-12-19(23-15-25(33)30(3)24-14-20(6-8-26)29-32(23)24)7-11-31(16)17(2)18-4-5-21-22(13-18)28-10-9-27-21/h4-5,9-10,13-17,19H,6-7,11-12H2,1-3H3/t16-,17?,19?/m1/s1. The first-order valence-corrected chi connectivity index (χ1v) is 11.4. The van der Waals surface area contributed by atoms with Crippen molar-refractivity contribution < 1.29 is 0 Å². The molecule has 8 heteroatoms. The molecule has 0 spiro atoms. The predicted molar refractivity (Wildman–Crippen MR) is 126 cm³/mol. The lowest BCUT2D eigenvalue weighted by molar-refractivity contribution is 0.102. The van der Waals surface area contributed by atoms with Crippen molar-refractivity contribution in [1.29, 1.82) is 5.26 Å². The van der Waals surface area contributed by atoms with Crippen LogP contribution in [0.4, 0.5) is 0 Å².